The summed E-state index contributed by atoms with van der Waals surface area (Å²) < 4.78 is 0. The number of aliphatic hydroxyl groups excluding tert-OH is 1. The van der Waals surface area contributed by atoms with Crippen molar-refractivity contribution in [2.45, 2.75) is 45.6 Å². The van der Waals surface area contributed by atoms with Gasteiger partial charge in [-0.3, -0.25) is 0 Å². The Morgan fingerprint density at radius 2 is 1.77 bits per heavy atom. The van der Waals surface area contributed by atoms with E-state index in [1.54, 1.807) is 0 Å². The maximum atomic E-state index is 9.33. The summed E-state index contributed by atoms with van der Waals surface area (Å²) in [6, 6.07) is 0. The lowest BCUT2D eigenvalue weighted by Crippen LogP contribution is -2.17. The molecule has 0 atom stereocenters. The van der Waals surface area contributed by atoms with Crippen LogP contribution in [-0.2, 0) is 0 Å². The van der Waals surface area contributed by atoms with Crippen LogP contribution in [0, 0.1) is 5.92 Å². The average molecular weight is 180 g/mol. The van der Waals surface area contributed by atoms with Gasteiger partial charge < -0.3 is 5.11 Å². The van der Waals surface area contributed by atoms with Crippen LogP contribution < -0.4 is 0 Å². The molecule has 1 heteroatoms. The minimum Gasteiger partial charge on any atom is -0.393 e. The normalized spacial score (nSPS) is 30.2. The lowest BCUT2D eigenvalue weighted by atomic mass is 9.86. The molecule has 13 heavy (non-hydrogen) atoms. The highest BCUT2D eigenvalue weighted by atomic mass is 16.3. The molecule has 0 aromatic rings. The fraction of sp³-hybridized carbons (Fsp3) is 0.667. The molecule has 0 spiro atoms. The number of allylic oxidation sites excluding steroid dienone is 3. The Kier molecular flexibility index (Phi) is 3.73. The molecule has 1 rings (SSSR count). The van der Waals surface area contributed by atoms with Crippen molar-refractivity contribution in [3.8, 4) is 0 Å². The molecule has 1 saturated carbocycles. The Balaban J connectivity index is 2.46. The molecule has 0 radical (unpaired) electrons. The first-order chi connectivity index (χ1) is 6.09. The summed E-state index contributed by atoms with van der Waals surface area (Å²) in [6.07, 6.45) is 6.45. The SMILES string of the molecule is C=C(C)/C(C)=C/C1CCC(O)CC1. The van der Waals surface area contributed by atoms with E-state index in [4.69, 9.17) is 0 Å². The van der Waals surface area contributed by atoms with Gasteiger partial charge in [-0.2, -0.15) is 0 Å². The molecule has 1 aliphatic carbocycles. The third-order valence-electron chi connectivity index (χ3n) is 2.90. The third kappa shape index (κ3) is 3.35. The minimum atomic E-state index is -0.0465. The van der Waals surface area contributed by atoms with Gasteiger partial charge in [0.15, 0.2) is 0 Å². The van der Waals surface area contributed by atoms with E-state index in [0.29, 0.717) is 5.92 Å². The largest absolute Gasteiger partial charge is 0.393 e. The minimum absolute atomic E-state index is 0.0465. The number of aliphatic hydroxyl groups is 1. The van der Waals surface area contributed by atoms with Gasteiger partial charge in [0.25, 0.3) is 0 Å². The van der Waals surface area contributed by atoms with Crippen LogP contribution in [0.3, 0.4) is 0 Å². The van der Waals surface area contributed by atoms with Crippen molar-refractivity contribution in [3.63, 3.8) is 0 Å². The number of hydrogen-bond donors (Lipinski definition) is 1. The predicted octanol–water partition coefficient (Wildman–Crippen LogP) is 3.06. The van der Waals surface area contributed by atoms with E-state index in [2.05, 4.69) is 19.6 Å². The molecule has 0 bridgehead atoms. The molecule has 1 nitrogen and oxygen atoms in total. The van der Waals surface area contributed by atoms with E-state index in [0.717, 1.165) is 31.3 Å². The zero-order chi connectivity index (χ0) is 9.84. The van der Waals surface area contributed by atoms with Gasteiger partial charge in [-0.05, 0) is 45.4 Å². The molecule has 74 valence electrons. The lowest BCUT2D eigenvalue weighted by molar-refractivity contribution is 0.118. The van der Waals surface area contributed by atoms with Crippen LogP contribution in [0.15, 0.2) is 23.8 Å². The Labute approximate surface area is 81.2 Å². The van der Waals surface area contributed by atoms with Crippen molar-refractivity contribution < 1.29 is 5.11 Å². The van der Waals surface area contributed by atoms with Gasteiger partial charge in [-0.15, -0.1) is 0 Å². The molecule has 1 N–H and O–H groups in total. The Hall–Kier alpha value is -0.560. The van der Waals surface area contributed by atoms with Crippen LogP contribution in [0.25, 0.3) is 0 Å². The van der Waals surface area contributed by atoms with Crippen LogP contribution >= 0.6 is 0 Å². The maximum Gasteiger partial charge on any atom is 0.0540 e. The van der Waals surface area contributed by atoms with E-state index >= 15 is 0 Å². The van der Waals surface area contributed by atoms with Crippen molar-refractivity contribution in [1.29, 1.82) is 0 Å². The smallest absolute Gasteiger partial charge is 0.0540 e. The van der Waals surface area contributed by atoms with Gasteiger partial charge in [-0.25, -0.2) is 0 Å². The molecule has 0 saturated heterocycles. The fourth-order valence-corrected chi connectivity index (χ4v) is 1.76. The summed E-state index contributed by atoms with van der Waals surface area (Å²) in [4.78, 5) is 0. The zero-order valence-electron chi connectivity index (χ0n) is 8.71. The zero-order valence-corrected chi connectivity index (χ0v) is 8.71. The monoisotopic (exact) mass is 180 g/mol. The van der Waals surface area contributed by atoms with Gasteiger partial charge in [0, 0.05) is 0 Å². The van der Waals surface area contributed by atoms with Gasteiger partial charge >= 0.3 is 0 Å². The Morgan fingerprint density at radius 3 is 2.23 bits per heavy atom. The molecule has 0 heterocycles. The molecule has 1 aliphatic rings. The molecule has 0 amide bonds. The molecular weight excluding hydrogens is 160 g/mol. The first-order valence-corrected chi connectivity index (χ1v) is 5.12. The molecule has 0 aliphatic heterocycles. The van der Waals surface area contributed by atoms with Crippen LogP contribution in [-0.4, -0.2) is 11.2 Å². The van der Waals surface area contributed by atoms with Crippen molar-refractivity contribution in [1.82, 2.24) is 0 Å². The van der Waals surface area contributed by atoms with Crippen molar-refractivity contribution in [2.24, 2.45) is 5.92 Å². The Bertz CT molecular complexity index is 207. The van der Waals surface area contributed by atoms with Crippen molar-refractivity contribution >= 4 is 0 Å². The van der Waals surface area contributed by atoms with E-state index < -0.39 is 0 Å². The van der Waals surface area contributed by atoms with Gasteiger partial charge in [0.05, 0.1) is 6.10 Å². The van der Waals surface area contributed by atoms with Crippen LogP contribution in [0.4, 0.5) is 0 Å². The van der Waals surface area contributed by atoms with Crippen molar-refractivity contribution in [2.75, 3.05) is 0 Å². The highest BCUT2D eigenvalue weighted by molar-refractivity contribution is 5.24. The third-order valence-corrected chi connectivity index (χ3v) is 2.90. The van der Waals surface area contributed by atoms with Crippen LogP contribution in [0.5, 0.6) is 0 Å². The highest BCUT2D eigenvalue weighted by Crippen LogP contribution is 2.26. The summed E-state index contributed by atoms with van der Waals surface area (Å²) in [5, 5.41) is 9.33. The van der Waals surface area contributed by atoms with Gasteiger partial charge in [-0.1, -0.05) is 23.8 Å². The fourth-order valence-electron chi connectivity index (χ4n) is 1.76. The summed E-state index contributed by atoms with van der Waals surface area (Å²) >= 11 is 0. The molecule has 0 aromatic carbocycles. The topological polar surface area (TPSA) is 20.2 Å². The highest BCUT2D eigenvalue weighted by Gasteiger charge is 2.17. The first-order valence-electron chi connectivity index (χ1n) is 5.12. The average Bonchev–Trinajstić information content (AvgIpc) is 2.08. The standard InChI is InChI=1S/C12H20O/c1-9(2)10(3)8-11-4-6-12(13)7-5-11/h8,11-13H,1,4-7H2,2-3H3/b10-8+. The number of rotatable bonds is 2. The summed E-state index contributed by atoms with van der Waals surface area (Å²) in [6.45, 7) is 8.08. The molecular formula is C12H20O. The van der Waals surface area contributed by atoms with Crippen LogP contribution in [0.1, 0.15) is 39.5 Å². The molecule has 0 aromatic heterocycles. The second-order valence-corrected chi connectivity index (χ2v) is 4.20. The summed E-state index contributed by atoms with van der Waals surface area (Å²) in [5.74, 6) is 0.667. The van der Waals surface area contributed by atoms with Crippen molar-refractivity contribution in [3.05, 3.63) is 23.8 Å². The second kappa shape index (κ2) is 4.61. The summed E-state index contributed by atoms with van der Waals surface area (Å²) in [7, 11) is 0. The van der Waals surface area contributed by atoms with Gasteiger partial charge in [0.1, 0.15) is 0 Å². The molecule has 1 fully saturated rings. The van der Waals surface area contributed by atoms with E-state index in [-0.39, 0.29) is 6.10 Å². The van der Waals surface area contributed by atoms with Gasteiger partial charge in [0.2, 0.25) is 0 Å². The summed E-state index contributed by atoms with van der Waals surface area (Å²) in [5.41, 5.74) is 2.47. The van der Waals surface area contributed by atoms with E-state index in [9.17, 15) is 5.11 Å². The quantitative estimate of drug-likeness (QED) is 0.647. The lowest BCUT2D eigenvalue weighted by Gasteiger charge is -2.23. The second-order valence-electron chi connectivity index (χ2n) is 4.20. The predicted molar refractivity (Wildman–Crippen MR) is 56.5 cm³/mol. The first kappa shape index (κ1) is 10.5. The maximum absolute atomic E-state index is 9.33. The van der Waals surface area contributed by atoms with Crippen LogP contribution in [0.2, 0.25) is 0 Å². The number of hydrogen-bond acceptors (Lipinski definition) is 1. The van der Waals surface area contributed by atoms with E-state index in [1.165, 1.54) is 5.57 Å². The molecule has 0 unspecified atom stereocenters. The van der Waals surface area contributed by atoms with E-state index in [1.807, 2.05) is 6.92 Å². The Morgan fingerprint density at radius 1 is 1.23 bits per heavy atom.